The molecule has 0 unspecified atom stereocenters. The highest BCUT2D eigenvalue weighted by Gasteiger charge is 2.19. The van der Waals surface area contributed by atoms with E-state index < -0.39 is 0 Å². The second kappa shape index (κ2) is 8.52. The number of amides is 1. The quantitative estimate of drug-likeness (QED) is 0.733. The van der Waals surface area contributed by atoms with Crippen LogP contribution < -0.4 is 10.6 Å². The molecule has 1 aliphatic rings. The minimum absolute atomic E-state index is 0.137. The molecule has 1 atom stereocenters. The summed E-state index contributed by atoms with van der Waals surface area (Å²) in [6, 6.07) is 0.473. The van der Waals surface area contributed by atoms with Crippen LogP contribution in [0.15, 0.2) is 0 Å². The molecule has 1 saturated carbocycles. The molecule has 1 fully saturated rings. The first-order chi connectivity index (χ1) is 8.59. The topological polar surface area (TPSA) is 41.1 Å². The first-order valence-electron chi connectivity index (χ1n) is 7.59. The molecule has 0 aromatic heterocycles. The minimum atomic E-state index is 0.137. The smallest absolute Gasteiger partial charge is 0.233 e. The molecule has 2 N–H and O–H groups in total. The van der Waals surface area contributed by atoms with Crippen LogP contribution in [-0.2, 0) is 4.79 Å². The lowest BCUT2D eigenvalue weighted by Crippen LogP contribution is -2.42. The number of carbonyl (C=O) groups is 1. The summed E-state index contributed by atoms with van der Waals surface area (Å²) in [7, 11) is 0. The molecule has 1 amide bonds. The van der Waals surface area contributed by atoms with Gasteiger partial charge in [0.05, 0.1) is 6.54 Å². The van der Waals surface area contributed by atoms with Gasteiger partial charge < -0.3 is 10.6 Å². The molecule has 18 heavy (non-hydrogen) atoms. The van der Waals surface area contributed by atoms with Gasteiger partial charge in [0.15, 0.2) is 0 Å². The predicted molar refractivity (Wildman–Crippen MR) is 76.5 cm³/mol. The fourth-order valence-electron chi connectivity index (χ4n) is 2.62. The fraction of sp³-hybridized carbons (Fsp3) is 0.933. The Kier molecular flexibility index (Phi) is 7.33. The van der Waals surface area contributed by atoms with Gasteiger partial charge in [-0.1, -0.05) is 33.1 Å². The Morgan fingerprint density at radius 1 is 1.17 bits per heavy atom. The molecule has 0 radical (unpaired) electrons. The molecule has 0 spiro atoms. The summed E-state index contributed by atoms with van der Waals surface area (Å²) in [5.74, 6) is 1.56. The molecule has 1 rings (SSSR count). The largest absolute Gasteiger partial charge is 0.355 e. The van der Waals surface area contributed by atoms with Crippen molar-refractivity contribution in [3.05, 3.63) is 0 Å². The molecule has 0 heterocycles. The molecular formula is C15H30N2O. The zero-order chi connectivity index (χ0) is 13.4. The highest BCUT2D eigenvalue weighted by Crippen LogP contribution is 2.26. The fourth-order valence-corrected chi connectivity index (χ4v) is 2.62. The van der Waals surface area contributed by atoms with E-state index in [2.05, 4.69) is 31.4 Å². The number of nitrogens with one attached hydrogen (secondary N) is 2. The highest BCUT2D eigenvalue weighted by atomic mass is 16.1. The lowest BCUT2D eigenvalue weighted by molar-refractivity contribution is -0.120. The van der Waals surface area contributed by atoms with Crippen LogP contribution in [0.1, 0.15) is 59.3 Å². The van der Waals surface area contributed by atoms with Crippen molar-refractivity contribution < 1.29 is 4.79 Å². The Balaban J connectivity index is 2.09. The van der Waals surface area contributed by atoms with E-state index >= 15 is 0 Å². The van der Waals surface area contributed by atoms with Crippen molar-refractivity contribution in [2.45, 2.75) is 65.3 Å². The van der Waals surface area contributed by atoms with Gasteiger partial charge in [-0.15, -0.1) is 0 Å². The van der Waals surface area contributed by atoms with Crippen LogP contribution in [0.25, 0.3) is 0 Å². The van der Waals surface area contributed by atoms with Gasteiger partial charge in [-0.2, -0.15) is 0 Å². The second-order valence-electron chi connectivity index (χ2n) is 6.10. The Labute approximate surface area is 112 Å². The van der Waals surface area contributed by atoms with Crippen molar-refractivity contribution in [1.82, 2.24) is 10.6 Å². The van der Waals surface area contributed by atoms with Crippen LogP contribution in [0.5, 0.6) is 0 Å². The third-order valence-corrected chi connectivity index (χ3v) is 3.99. The summed E-state index contributed by atoms with van der Waals surface area (Å²) in [5.41, 5.74) is 0. The number of carbonyl (C=O) groups excluding carboxylic acids is 1. The third-order valence-electron chi connectivity index (χ3n) is 3.99. The van der Waals surface area contributed by atoms with Gasteiger partial charge in [-0.05, 0) is 38.0 Å². The Morgan fingerprint density at radius 3 is 2.44 bits per heavy atom. The van der Waals surface area contributed by atoms with Crippen LogP contribution >= 0.6 is 0 Å². The maximum atomic E-state index is 11.6. The van der Waals surface area contributed by atoms with Gasteiger partial charge in [0.2, 0.25) is 5.91 Å². The van der Waals surface area contributed by atoms with Crippen LogP contribution in [0.3, 0.4) is 0 Å². The molecule has 0 aliphatic heterocycles. The van der Waals surface area contributed by atoms with Gasteiger partial charge in [0.1, 0.15) is 0 Å². The Morgan fingerprint density at radius 2 is 1.83 bits per heavy atom. The maximum Gasteiger partial charge on any atom is 0.233 e. The summed E-state index contributed by atoms with van der Waals surface area (Å²) in [5, 5.41) is 6.35. The average Bonchev–Trinajstić information content (AvgIpc) is 2.36. The summed E-state index contributed by atoms with van der Waals surface area (Å²) in [4.78, 5) is 11.6. The SMILES string of the molecule is CC(C)CCNC(=O)CN[C@@H](C)C1CCCCC1. The second-order valence-corrected chi connectivity index (χ2v) is 6.10. The first-order valence-corrected chi connectivity index (χ1v) is 7.59. The maximum absolute atomic E-state index is 11.6. The Hall–Kier alpha value is -0.570. The molecule has 0 aromatic carbocycles. The van der Waals surface area contributed by atoms with Gasteiger partial charge in [-0.25, -0.2) is 0 Å². The van der Waals surface area contributed by atoms with Gasteiger partial charge >= 0.3 is 0 Å². The van der Waals surface area contributed by atoms with E-state index in [1.54, 1.807) is 0 Å². The van der Waals surface area contributed by atoms with E-state index in [0.717, 1.165) is 18.9 Å². The molecule has 106 valence electrons. The zero-order valence-corrected chi connectivity index (χ0v) is 12.3. The van der Waals surface area contributed by atoms with Gasteiger partial charge in [0.25, 0.3) is 0 Å². The third kappa shape index (κ3) is 6.39. The lowest BCUT2D eigenvalue weighted by Gasteiger charge is -2.28. The van der Waals surface area contributed by atoms with Crippen LogP contribution in [0.2, 0.25) is 0 Å². The summed E-state index contributed by atoms with van der Waals surface area (Å²) < 4.78 is 0. The van der Waals surface area contributed by atoms with Crippen molar-refractivity contribution in [3.63, 3.8) is 0 Å². The van der Waals surface area contributed by atoms with E-state index in [-0.39, 0.29) is 5.91 Å². The molecule has 1 aliphatic carbocycles. The Bertz CT molecular complexity index is 235. The van der Waals surface area contributed by atoms with Crippen LogP contribution in [-0.4, -0.2) is 25.0 Å². The van der Waals surface area contributed by atoms with Crippen molar-refractivity contribution in [1.29, 1.82) is 0 Å². The lowest BCUT2D eigenvalue weighted by atomic mass is 9.84. The standard InChI is InChI=1S/C15H30N2O/c1-12(2)9-10-16-15(18)11-17-13(3)14-7-5-4-6-8-14/h12-14,17H,4-11H2,1-3H3,(H,16,18)/t13-/m0/s1. The minimum Gasteiger partial charge on any atom is -0.355 e. The van der Waals surface area contributed by atoms with Gasteiger partial charge in [-0.3, -0.25) is 4.79 Å². The van der Waals surface area contributed by atoms with Crippen LogP contribution in [0.4, 0.5) is 0 Å². The molecule has 0 bridgehead atoms. The summed E-state index contributed by atoms with van der Waals surface area (Å²) in [6.45, 7) is 7.84. The first kappa shape index (κ1) is 15.5. The van der Waals surface area contributed by atoms with E-state index in [0.29, 0.717) is 18.5 Å². The van der Waals surface area contributed by atoms with Crippen molar-refractivity contribution >= 4 is 5.91 Å². The van der Waals surface area contributed by atoms with Gasteiger partial charge in [0, 0.05) is 12.6 Å². The molecule has 3 nitrogen and oxygen atoms in total. The van der Waals surface area contributed by atoms with Crippen molar-refractivity contribution in [2.75, 3.05) is 13.1 Å². The highest BCUT2D eigenvalue weighted by molar-refractivity contribution is 5.77. The average molecular weight is 254 g/mol. The molecule has 0 saturated heterocycles. The monoisotopic (exact) mass is 254 g/mol. The van der Waals surface area contributed by atoms with Crippen molar-refractivity contribution in [2.24, 2.45) is 11.8 Å². The zero-order valence-electron chi connectivity index (χ0n) is 12.3. The number of rotatable bonds is 7. The normalized spacial score (nSPS) is 18.9. The van der Waals surface area contributed by atoms with Crippen molar-refractivity contribution in [3.8, 4) is 0 Å². The number of hydrogen-bond acceptors (Lipinski definition) is 2. The number of hydrogen-bond donors (Lipinski definition) is 2. The molecular weight excluding hydrogens is 224 g/mol. The van der Waals surface area contributed by atoms with E-state index in [1.165, 1.54) is 32.1 Å². The summed E-state index contributed by atoms with van der Waals surface area (Å²) in [6.07, 6.45) is 7.81. The predicted octanol–water partition coefficient (Wildman–Crippen LogP) is 2.71. The van der Waals surface area contributed by atoms with E-state index in [9.17, 15) is 4.79 Å². The van der Waals surface area contributed by atoms with E-state index in [1.807, 2.05) is 0 Å². The summed E-state index contributed by atoms with van der Waals surface area (Å²) >= 11 is 0. The molecule has 3 heteroatoms. The molecule has 0 aromatic rings. The van der Waals surface area contributed by atoms with Crippen LogP contribution in [0, 0.1) is 11.8 Å². The van der Waals surface area contributed by atoms with E-state index in [4.69, 9.17) is 0 Å².